The van der Waals surface area contributed by atoms with Gasteiger partial charge in [0.1, 0.15) is 12.4 Å². The fourth-order valence-corrected chi connectivity index (χ4v) is 2.69. The van der Waals surface area contributed by atoms with Crippen LogP contribution in [0.3, 0.4) is 0 Å². The predicted molar refractivity (Wildman–Crippen MR) is 95.1 cm³/mol. The molecule has 0 aliphatic heterocycles. The maximum absolute atomic E-state index is 5.86. The molecule has 0 saturated heterocycles. The van der Waals surface area contributed by atoms with Gasteiger partial charge in [0.2, 0.25) is 0 Å². The summed E-state index contributed by atoms with van der Waals surface area (Å²) in [6.07, 6.45) is 7.74. The number of unbranched alkanes of at least 4 members (excludes halogenated alkanes) is 3. The summed E-state index contributed by atoms with van der Waals surface area (Å²) in [6.45, 7) is 6.36. The molecule has 1 aromatic carbocycles. The number of para-hydroxylation sites is 1. The van der Waals surface area contributed by atoms with E-state index in [0.29, 0.717) is 31.6 Å². The summed E-state index contributed by atoms with van der Waals surface area (Å²) >= 11 is 5.58. The highest BCUT2D eigenvalue weighted by atomic mass is 35.5. The summed E-state index contributed by atoms with van der Waals surface area (Å²) in [4.78, 5) is 0. The van der Waals surface area contributed by atoms with Crippen LogP contribution >= 0.6 is 11.6 Å². The second kappa shape index (κ2) is 12.8. The van der Waals surface area contributed by atoms with Crippen molar-refractivity contribution in [2.24, 2.45) is 5.92 Å². The summed E-state index contributed by atoms with van der Waals surface area (Å²) in [5.41, 5.74) is 1.31. The van der Waals surface area contributed by atoms with Gasteiger partial charge in [-0.3, -0.25) is 0 Å². The Kier molecular flexibility index (Phi) is 11.2. The molecular formula is C19H31ClO2. The van der Waals surface area contributed by atoms with Crippen molar-refractivity contribution in [2.75, 3.05) is 25.7 Å². The Morgan fingerprint density at radius 3 is 2.64 bits per heavy atom. The predicted octanol–water partition coefficient (Wildman–Crippen LogP) is 5.47. The Labute approximate surface area is 141 Å². The van der Waals surface area contributed by atoms with Crippen LogP contribution in [0.1, 0.15) is 51.5 Å². The molecule has 0 radical (unpaired) electrons. The number of alkyl halides is 1. The largest absolute Gasteiger partial charge is 0.491 e. The van der Waals surface area contributed by atoms with E-state index in [-0.39, 0.29) is 0 Å². The Bertz CT molecular complexity index is 381. The number of hydrogen-bond acceptors (Lipinski definition) is 2. The third kappa shape index (κ3) is 8.65. The fourth-order valence-electron chi connectivity index (χ4n) is 2.58. The van der Waals surface area contributed by atoms with E-state index in [2.05, 4.69) is 32.0 Å². The molecule has 0 fully saturated rings. The van der Waals surface area contributed by atoms with Crippen LogP contribution in [0.15, 0.2) is 24.3 Å². The molecule has 0 saturated carbocycles. The van der Waals surface area contributed by atoms with Crippen molar-refractivity contribution < 1.29 is 9.47 Å². The van der Waals surface area contributed by atoms with Gasteiger partial charge in [0.25, 0.3) is 0 Å². The molecule has 3 heteroatoms. The van der Waals surface area contributed by atoms with Gasteiger partial charge in [0.15, 0.2) is 0 Å². The lowest BCUT2D eigenvalue weighted by molar-refractivity contribution is 0.111. The molecule has 2 nitrogen and oxygen atoms in total. The van der Waals surface area contributed by atoms with Crippen molar-refractivity contribution in [3.8, 4) is 5.75 Å². The summed E-state index contributed by atoms with van der Waals surface area (Å²) in [5, 5.41) is 0. The smallest absolute Gasteiger partial charge is 0.122 e. The summed E-state index contributed by atoms with van der Waals surface area (Å²) in [7, 11) is 0. The molecule has 0 aliphatic carbocycles. The maximum Gasteiger partial charge on any atom is 0.122 e. The number of hydrogen-bond donors (Lipinski definition) is 0. The molecule has 0 aliphatic rings. The zero-order valence-electron chi connectivity index (χ0n) is 14.2. The Morgan fingerprint density at radius 1 is 1.05 bits per heavy atom. The molecule has 0 heterocycles. The van der Waals surface area contributed by atoms with Crippen molar-refractivity contribution in [3.05, 3.63) is 29.8 Å². The lowest BCUT2D eigenvalue weighted by Gasteiger charge is -2.15. The van der Waals surface area contributed by atoms with Crippen molar-refractivity contribution in [2.45, 2.75) is 52.4 Å². The van der Waals surface area contributed by atoms with Crippen LogP contribution in [0.4, 0.5) is 0 Å². The molecule has 1 atom stereocenters. The van der Waals surface area contributed by atoms with Gasteiger partial charge in [-0.2, -0.15) is 0 Å². The molecule has 1 unspecified atom stereocenters. The first-order valence-corrected chi connectivity index (χ1v) is 9.15. The Balaban J connectivity index is 2.35. The zero-order valence-corrected chi connectivity index (χ0v) is 14.9. The van der Waals surface area contributed by atoms with Gasteiger partial charge in [-0.25, -0.2) is 0 Å². The van der Waals surface area contributed by atoms with Crippen LogP contribution < -0.4 is 4.74 Å². The third-order valence-electron chi connectivity index (χ3n) is 3.80. The minimum atomic E-state index is 0.534. The zero-order chi connectivity index (χ0) is 16.0. The van der Waals surface area contributed by atoms with Gasteiger partial charge in [0.05, 0.1) is 13.2 Å². The molecular weight excluding hydrogens is 296 g/mol. The van der Waals surface area contributed by atoms with E-state index >= 15 is 0 Å². The van der Waals surface area contributed by atoms with Gasteiger partial charge in [0, 0.05) is 5.88 Å². The van der Waals surface area contributed by atoms with E-state index in [1.54, 1.807) is 0 Å². The molecule has 1 rings (SSSR count). The summed E-state index contributed by atoms with van der Waals surface area (Å²) in [5.74, 6) is 2.23. The standard InChI is InChI=1S/C19H31ClO2/c1-3-4-5-6-9-17(2)16-18-10-7-8-11-19(18)22-15-14-21-13-12-20/h7-8,10-11,17H,3-6,9,12-16H2,1-2H3. The third-order valence-corrected chi connectivity index (χ3v) is 3.95. The average molecular weight is 327 g/mol. The van der Waals surface area contributed by atoms with Crippen LogP contribution in [-0.2, 0) is 11.2 Å². The van der Waals surface area contributed by atoms with E-state index in [1.807, 2.05) is 6.07 Å². The number of ether oxygens (including phenoxy) is 2. The van der Waals surface area contributed by atoms with Gasteiger partial charge in [-0.15, -0.1) is 11.6 Å². The first-order chi connectivity index (χ1) is 10.8. The van der Waals surface area contributed by atoms with Crippen LogP contribution in [0, 0.1) is 5.92 Å². The highest BCUT2D eigenvalue weighted by molar-refractivity contribution is 6.17. The summed E-state index contributed by atoms with van der Waals surface area (Å²) < 4.78 is 11.2. The molecule has 0 spiro atoms. The number of benzene rings is 1. The quantitative estimate of drug-likeness (QED) is 0.353. The highest BCUT2D eigenvalue weighted by Gasteiger charge is 2.08. The fraction of sp³-hybridized carbons (Fsp3) is 0.684. The maximum atomic E-state index is 5.86. The van der Waals surface area contributed by atoms with E-state index in [1.165, 1.54) is 37.7 Å². The van der Waals surface area contributed by atoms with Crippen LogP contribution in [0.25, 0.3) is 0 Å². The second-order valence-corrected chi connectivity index (χ2v) is 6.29. The minimum absolute atomic E-state index is 0.534. The van der Waals surface area contributed by atoms with Crippen molar-refractivity contribution in [1.82, 2.24) is 0 Å². The van der Waals surface area contributed by atoms with Gasteiger partial charge < -0.3 is 9.47 Å². The molecule has 126 valence electrons. The van der Waals surface area contributed by atoms with Crippen LogP contribution in [0.2, 0.25) is 0 Å². The molecule has 0 amide bonds. The van der Waals surface area contributed by atoms with E-state index in [4.69, 9.17) is 21.1 Å². The first-order valence-electron chi connectivity index (χ1n) is 8.62. The van der Waals surface area contributed by atoms with Crippen molar-refractivity contribution in [3.63, 3.8) is 0 Å². The van der Waals surface area contributed by atoms with Gasteiger partial charge >= 0.3 is 0 Å². The van der Waals surface area contributed by atoms with Crippen LogP contribution in [0.5, 0.6) is 5.75 Å². The molecule has 0 aromatic heterocycles. The Morgan fingerprint density at radius 2 is 1.86 bits per heavy atom. The van der Waals surface area contributed by atoms with Crippen LogP contribution in [-0.4, -0.2) is 25.7 Å². The monoisotopic (exact) mass is 326 g/mol. The van der Waals surface area contributed by atoms with Crippen molar-refractivity contribution in [1.29, 1.82) is 0 Å². The number of rotatable bonds is 13. The normalized spacial score (nSPS) is 12.3. The van der Waals surface area contributed by atoms with Gasteiger partial charge in [-0.1, -0.05) is 64.2 Å². The second-order valence-electron chi connectivity index (χ2n) is 5.92. The lowest BCUT2D eigenvalue weighted by atomic mass is 9.95. The minimum Gasteiger partial charge on any atom is -0.491 e. The molecule has 0 bridgehead atoms. The molecule has 0 N–H and O–H groups in total. The topological polar surface area (TPSA) is 18.5 Å². The SMILES string of the molecule is CCCCCCC(C)Cc1ccccc1OCCOCCCl. The lowest BCUT2D eigenvalue weighted by Crippen LogP contribution is -2.10. The van der Waals surface area contributed by atoms with Gasteiger partial charge in [-0.05, 0) is 24.0 Å². The Hall–Kier alpha value is -0.730. The van der Waals surface area contributed by atoms with E-state index in [0.717, 1.165) is 12.2 Å². The molecule has 22 heavy (non-hydrogen) atoms. The van der Waals surface area contributed by atoms with E-state index in [9.17, 15) is 0 Å². The van der Waals surface area contributed by atoms with Crippen molar-refractivity contribution >= 4 is 11.6 Å². The first kappa shape index (κ1) is 19.3. The highest BCUT2D eigenvalue weighted by Crippen LogP contribution is 2.23. The van der Waals surface area contributed by atoms with E-state index < -0.39 is 0 Å². The average Bonchev–Trinajstić information content (AvgIpc) is 2.53. The molecule has 1 aromatic rings. The summed E-state index contributed by atoms with van der Waals surface area (Å²) in [6, 6.07) is 8.36. The number of halogens is 1.